The molecule has 0 aliphatic heterocycles. The van der Waals surface area contributed by atoms with Crippen molar-refractivity contribution in [2.75, 3.05) is 0 Å². The molecule has 63 valence electrons. The smallest absolute Gasteiger partial charge is 0.123 e. The Bertz CT molecular complexity index is 390. The zero-order chi connectivity index (χ0) is 8.55. The molecule has 2 rings (SSSR count). The molecule has 0 unspecified atom stereocenters. The van der Waals surface area contributed by atoms with Crippen LogP contribution in [0.15, 0.2) is 5.73 Å². The second kappa shape index (κ2) is 4.19. The summed E-state index contributed by atoms with van der Waals surface area (Å²) >= 11 is 0. The summed E-state index contributed by atoms with van der Waals surface area (Å²) in [6.45, 7) is 5.89. The maximum Gasteiger partial charge on any atom is 0.123 e. The van der Waals surface area contributed by atoms with Crippen LogP contribution in [0.25, 0.3) is 12.2 Å². The van der Waals surface area contributed by atoms with Crippen molar-refractivity contribution in [3.8, 4) is 0 Å². The van der Waals surface area contributed by atoms with Crippen molar-refractivity contribution < 1.29 is 32.7 Å². The van der Waals surface area contributed by atoms with Gasteiger partial charge < -0.3 is 0 Å². The van der Waals surface area contributed by atoms with E-state index in [1.165, 1.54) is 0 Å². The van der Waals surface area contributed by atoms with E-state index in [-0.39, 0.29) is 32.7 Å². The number of rotatable bonds is 1. The molecule has 0 bridgehead atoms. The van der Waals surface area contributed by atoms with Crippen molar-refractivity contribution >= 4 is 12.2 Å². The average molecular weight is 246 g/mol. The van der Waals surface area contributed by atoms with Gasteiger partial charge >= 0.3 is 0 Å². The van der Waals surface area contributed by atoms with E-state index < -0.39 is 0 Å². The van der Waals surface area contributed by atoms with E-state index in [1.807, 2.05) is 19.1 Å². The molecule has 1 radical (unpaired) electrons. The molecule has 0 fully saturated rings. The number of aryl methyl sites for hydroxylation is 1. The van der Waals surface area contributed by atoms with Gasteiger partial charge in [-0.1, -0.05) is 18.7 Å². The van der Waals surface area contributed by atoms with Gasteiger partial charge in [0.2, 0.25) is 0 Å². The van der Waals surface area contributed by atoms with Crippen LogP contribution in [0.4, 0.5) is 0 Å². The molecule has 0 saturated heterocycles. The maximum atomic E-state index is 4.33. The van der Waals surface area contributed by atoms with Crippen molar-refractivity contribution in [3.05, 3.63) is 35.4 Å². The second-order valence-electron chi connectivity index (χ2n) is 2.69. The Kier molecular flexibility index (Phi) is 3.43. The Morgan fingerprint density at radius 2 is 2.15 bits per heavy atom. The van der Waals surface area contributed by atoms with E-state index in [0.717, 1.165) is 29.2 Å². The quantitative estimate of drug-likeness (QED) is 0.567. The number of nitrogens with zero attached hydrogens (tertiary/aromatic N) is 2. The van der Waals surface area contributed by atoms with Crippen molar-refractivity contribution in [3.63, 3.8) is 0 Å². The van der Waals surface area contributed by atoms with Crippen LogP contribution in [0.1, 0.15) is 29.7 Å². The molecule has 1 aromatic rings. The summed E-state index contributed by atoms with van der Waals surface area (Å²) in [5, 5.41) is 0. The van der Waals surface area contributed by atoms with Crippen LogP contribution in [0.5, 0.6) is 0 Å². The predicted molar refractivity (Wildman–Crippen MR) is 48.3 cm³/mol. The molecule has 1 aromatic heterocycles. The molecule has 1 aliphatic carbocycles. The van der Waals surface area contributed by atoms with Gasteiger partial charge in [-0.05, 0) is 6.08 Å². The zero-order valence-corrected chi connectivity index (χ0v) is 10.4. The fourth-order valence-corrected chi connectivity index (χ4v) is 1.22. The molecule has 3 heteroatoms. The van der Waals surface area contributed by atoms with Gasteiger partial charge in [-0.2, -0.15) is 0 Å². The van der Waals surface area contributed by atoms with Gasteiger partial charge in [-0.3, -0.25) is 9.97 Å². The molecular formula is C10H9N2Y-. The topological polar surface area (TPSA) is 25.8 Å². The van der Waals surface area contributed by atoms with Crippen LogP contribution in [-0.2, 0) is 39.1 Å². The van der Waals surface area contributed by atoms with Crippen LogP contribution in [0, 0.1) is 6.92 Å². The fourth-order valence-electron chi connectivity index (χ4n) is 1.22. The number of aromatic nitrogens is 2. The minimum Gasteiger partial charge on any atom is -0.272 e. The first-order valence-corrected chi connectivity index (χ1v) is 3.96. The van der Waals surface area contributed by atoms with Gasteiger partial charge in [-0.25, -0.2) is 6.92 Å². The first kappa shape index (κ1) is 10.7. The monoisotopic (exact) mass is 246 g/mol. The van der Waals surface area contributed by atoms with E-state index >= 15 is 0 Å². The standard InChI is InChI=1S/C10H9N2.Y/c1-3-10-11-7(2)8-5-4-6-9(8)12-10;/h5-6H,2-3H2,1H3;/q-1;. The summed E-state index contributed by atoms with van der Waals surface area (Å²) in [6.07, 6.45) is 4.59. The fraction of sp³-hybridized carbons (Fsp3) is 0.200. The van der Waals surface area contributed by atoms with Crippen LogP contribution in [0.3, 0.4) is 0 Å². The van der Waals surface area contributed by atoms with Crippen molar-refractivity contribution in [1.29, 1.82) is 0 Å². The van der Waals surface area contributed by atoms with E-state index in [9.17, 15) is 0 Å². The molecule has 0 aromatic carbocycles. The average Bonchev–Trinajstić information content (AvgIpc) is 2.52. The van der Waals surface area contributed by atoms with Gasteiger partial charge in [0.05, 0.1) is 0 Å². The molecule has 1 heterocycles. The minimum atomic E-state index is 0. The Labute approximate surface area is 103 Å². The number of fused-ring (bicyclic) bond motifs is 1. The predicted octanol–water partition coefficient (Wildman–Crippen LogP) is 1.86. The molecule has 0 amide bonds. The van der Waals surface area contributed by atoms with Crippen LogP contribution >= 0.6 is 0 Å². The third kappa shape index (κ3) is 1.91. The minimum absolute atomic E-state index is 0. The summed E-state index contributed by atoms with van der Waals surface area (Å²) in [5.74, 6) is 0.854. The molecular weight excluding hydrogens is 237 g/mol. The van der Waals surface area contributed by atoms with Crippen LogP contribution in [0.2, 0.25) is 0 Å². The van der Waals surface area contributed by atoms with Crippen molar-refractivity contribution in [2.45, 2.75) is 13.3 Å². The molecule has 0 N–H and O–H groups in total. The second-order valence-corrected chi connectivity index (χ2v) is 2.69. The molecule has 2 nitrogen and oxygen atoms in total. The first-order valence-electron chi connectivity index (χ1n) is 3.96. The maximum absolute atomic E-state index is 4.33. The van der Waals surface area contributed by atoms with Gasteiger partial charge in [-0.15, -0.1) is 11.3 Å². The molecule has 0 spiro atoms. The van der Waals surface area contributed by atoms with E-state index in [1.54, 1.807) is 0 Å². The summed E-state index contributed by atoms with van der Waals surface area (Å²) in [6, 6.07) is 0. The third-order valence-electron chi connectivity index (χ3n) is 1.86. The van der Waals surface area contributed by atoms with E-state index in [4.69, 9.17) is 0 Å². The number of hydrogen-bond acceptors (Lipinski definition) is 2. The third-order valence-corrected chi connectivity index (χ3v) is 1.86. The van der Waals surface area contributed by atoms with E-state index in [2.05, 4.69) is 22.6 Å². The van der Waals surface area contributed by atoms with Crippen molar-refractivity contribution in [1.82, 2.24) is 9.97 Å². The number of hydrogen-bond donors (Lipinski definition) is 0. The van der Waals surface area contributed by atoms with Gasteiger partial charge in [0.1, 0.15) is 5.82 Å². The summed E-state index contributed by atoms with van der Waals surface area (Å²) < 4.78 is 0. The molecule has 13 heavy (non-hydrogen) atoms. The van der Waals surface area contributed by atoms with Crippen molar-refractivity contribution in [2.24, 2.45) is 0 Å². The molecule has 1 aliphatic rings. The summed E-state index contributed by atoms with van der Waals surface area (Å²) in [5.41, 5.74) is 5.75. The zero-order valence-electron chi connectivity index (χ0n) is 7.54. The molecule has 0 saturated carbocycles. The Morgan fingerprint density at radius 3 is 2.85 bits per heavy atom. The van der Waals surface area contributed by atoms with Gasteiger partial charge in [0, 0.05) is 44.8 Å². The van der Waals surface area contributed by atoms with Crippen LogP contribution in [-0.4, -0.2) is 9.97 Å². The largest absolute Gasteiger partial charge is 0.272 e. The van der Waals surface area contributed by atoms with E-state index in [0.29, 0.717) is 0 Å². The SMILES string of the molecule is [CH2-]c1nc(CC)nc2c1C=C=C2.[Y]. The van der Waals surface area contributed by atoms with Crippen LogP contribution < -0.4 is 0 Å². The van der Waals surface area contributed by atoms with Gasteiger partial charge in [0.25, 0.3) is 0 Å². The Hall–Kier alpha value is -0.426. The summed E-state index contributed by atoms with van der Waals surface area (Å²) in [7, 11) is 0. The Morgan fingerprint density at radius 1 is 1.38 bits per heavy atom. The normalized spacial score (nSPS) is 11.2. The Balaban J connectivity index is 0.000000845. The van der Waals surface area contributed by atoms with Gasteiger partial charge in [0.15, 0.2) is 0 Å². The first-order chi connectivity index (χ1) is 5.81. The molecule has 0 atom stereocenters. The summed E-state index contributed by atoms with van der Waals surface area (Å²) in [4.78, 5) is 8.58.